The Balaban J connectivity index is 2.97. The molecule has 2 heteroatoms. The van der Waals surface area contributed by atoms with Gasteiger partial charge in [0.25, 0.3) is 0 Å². The first kappa shape index (κ1) is 10.9. The molecule has 2 N–H and O–H groups in total. The van der Waals surface area contributed by atoms with Gasteiger partial charge in [0, 0.05) is 6.61 Å². The van der Waals surface area contributed by atoms with Gasteiger partial charge in [-0.05, 0) is 38.3 Å². The lowest BCUT2D eigenvalue weighted by atomic mass is 10.1. The summed E-state index contributed by atoms with van der Waals surface area (Å²) in [5.41, 5.74) is 0. The molecular formula is C9H21NO. The first-order valence-corrected chi connectivity index (χ1v) is 4.62. The average Bonchev–Trinajstić information content (AvgIpc) is 1.99. The smallest absolute Gasteiger partial charge is 0.0433 e. The second kappa shape index (κ2) is 8.02. The monoisotopic (exact) mass is 159 g/mol. The van der Waals surface area contributed by atoms with Crippen LogP contribution in [0.2, 0.25) is 0 Å². The van der Waals surface area contributed by atoms with Crippen molar-refractivity contribution >= 4 is 0 Å². The zero-order chi connectivity index (χ0) is 8.53. The molecule has 0 saturated heterocycles. The van der Waals surface area contributed by atoms with Gasteiger partial charge in [-0.3, -0.25) is 0 Å². The van der Waals surface area contributed by atoms with Gasteiger partial charge in [-0.15, -0.1) is 0 Å². The molecule has 0 saturated carbocycles. The number of aliphatic hydroxyl groups is 1. The molecule has 0 aliphatic heterocycles. The van der Waals surface area contributed by atoms with Crippen molar-refractivity contribution in [2.45, 2.75) is 33.1 Å². The highest BCUT2D eigenvalue weighted by Gasteiger charge is 1.98. The summed E-state index contributed by atoms with van der Waals surface area (Å²) in [4.78, 5) is 0. The van der Waals surface area contributed by atoms with Gasteiger partial charge in [-0.1, -0.05) is 13.8 Å². The molecule has 0 heterocycles. The third-order valence-corrected chi connectivity index (χ3v) is 1.86. The normalized spacial score (nSPS) is 13.4. The molecule has 68 valence electrons. The zero-order valence-electron chi connectivity index (χ0n) is 7.77. The van der Waals surface area contributed by atoms with Crippen molar-refractivity contribution in [3.05, 3.63) is 0 Å². The van der Waals surface area contributed by atoms with E-state index in [1.54, 1.807) is 0 Å². The van der Waals surface area contributed by atoms with Crippen LogP contribution in [-0.2, 0) is 0 Å². The number of rotatable bonds is 7. The number of nitrogens with one attached hydrogen (secondary N) is 1. The van der Waals surface area contributed by atoms with Crippen molar-refractivity contribution in [2.75, 3.05) is 19.7 Å². The second-order valence-corrected chi connectivity index (χ2v) is 3.16. The Labute approximate surface area is 70.0 Å². The van der Waals surface area contributed by atoms with E-state index in [0.717, 1.165) is 19.5 Å². The maximum absolute atomic E-state index is 8.62. The Kier molecular flexibility index (Phi) is 7.96. The highest BCUT2D eigenvalue weighted by molar-refractivity contribution is 4.54. The van der Waals surface area contributed by atoms with Crippen LogP contribution in [0.1, 0.15) is 33.1 Å². The Morgan fingerprint density at radius 1 is 1.27 bits per heavy atom. The summed E-state index contributed by atoms with van der Waals surface area (Å²) in [6.45, 7) is 6.89. The molecule has 0 radical (unpaired) electrons. The minimum atomic E-state index is 0.328. The first-order chi connectivity index (χ1) is 5.31. The summed E-state index contributed by atoms with van der Waals surface area (Å²) in [6.07, 6.45) is 3.32. The van der Waals surface area contributed by atoms with Gasteiger partial charge in [0.15, 0.2) is 0 Å². The van der Waals surface area contributed by atoms with Gasteiger partial charge in [-0.2, -0.15) is 0 Å². The summed E-state index contributed by atoms with van der Waals surface area (Å²) in [7, 11) is 0. The molecule has 0 aliphatic rings. The van der Waals surface area contributed by atoms with Crippen molar-refractivity contribution in [1.29, 1.82) is 0 Å². The number of hydrogen-bond donors (Lipinski definition) is 2. The van der Waals surface area contributed by atoms with E-state index in [4.69, 9.17) is 5.11 Å². The number of aliphatic hydroxyl groups excluding tert-OH is 1. The average molecular weight is 159 g/mol. The van der Waals surface area contributed by atoms with Crippen molar-refractivity contribution < 1.29 is 5.11 Å². The lowest BCUT2D eigenvalue weighted by molar-refractivity contribution is 0.258. The van der Waals surface area contributed by atoms with E-state index < -0.39 is 0 Å². The summed E-state index contributed by atoms with van der Waals surface area (Å²) >= 11 is 0. The topological polar surface area (TPSA) is 32.3 Å². The predicted octanol–water partition coefficient (Wildman–Crippen LogP) is 1.39. The van der Waals surface area contributed by atoms with Gasteiger partial charge in [0.05, 0.1) is 0 Å². The molecule has 0 aromatic heterocycles. The second-order valence-electron chi connectivity index (χ2n) is 3.16. The van der Waals surface area contributed by atoms with Gasteiger partial charge >= 0.3 is 0 Å². The van der Waals surface area contributed by atoms with Crippen LogP contribution < -0.4 is 5.32 Å². The van der Waals surface area contributed by atoms with E-state index >= 15 is 0 Å². The van der Waals surface area contributed by atoms with E-state index in [2.05, 4.69) is 19.2 Å². The van der Waals surface area contributed by atoms with E-state index in [0.29, 0.717) is 12.5 Å². The summed E-state index contributed by atoms with van der Waals surface area (Å²) in [5.74, 6) is 0.657. The first-order valence-electron chi connectivity index (χ1n) is 4.62. The Bertz CT molecular complexity index is 76.0. The highest BCUT2D eigenvalue weighted by atomic mass is 16.3. The molecule has 1 unspecified atom stereocenters. The van der Waals surface area contributed by atoms with Crippen LogP contribution >= 0.6 is 0 Å². The molecule has 0 bridgehead atoms. The third-order valence-electron chi connectivity index (χ3n) is 1.86. The summed E-state index contributed by atoms with van der Waals surface area (Å²) in [6, 6.07) is 0. The lowest BCUT2D eigenvalue weighted by Crippen LogP contribution is -2.18. The lowest BCUT2D eigenvalue weighted by Gasteiger charge is -2.09. The van der Waals surface area contributed by atoms with Gasteiger partial charge < -0.3 is 10.4 Å². The van der Waals surface area contributed by atoms with Crippen LogP contribution in [0.3, 0.4) is 0 Å². The maximum Gasteiger partial charge on any atom is 0.0433 e. The molecule has 0 fully saturated rings. The largest absolute Gasteiger partial charge is 0.396 e. The van der Waals surface area contributed by atoms with E-state index in [1.807, 2.05) is 0 Å². The van der Waals surface area contributed by atoms with Gasteiger partial charge in [-0.25, -0.2) is 0 Å². The van der Waals surface area contributed by atoms with Crippen LogP contribution in [-0.4, -0.2) is 24.8 Å². The quantitative estimate of drug-likeness (QED) is 0.550. The van der Waals surface area contributed by atoms with Crippen molar-refractivity contribution in [2.24, 2.45) is 5.92 Å². The molecule has 0 aromatic carbocycles. The van der Waals surface area contributed by atoms with Crippen LogP contribution in [0.4, 0.5) is 0 Å². The van der Waals surface area contributed by atoms with Gasteiger partial charge in [0.2, 0.25) is 0 Å². The Hall–Kier alpha value is -0.0800. The molecule has 11 heavy (non-hydrogen) atoms. The van der Waals surface area contributed by atoms with Crippen molar-refractivity contribution in [3.63, 3.8) is 0 Å². The molecular weight excluding hydrogens is 138 g/mol. The SMILES string of the molecule is CCCNCCC(C)CCO. The molecule has 0 spiro atoms. The standard InChI is InChI=1S/C9H21NO/c1-3-6-10-7-4-9(2)5-8-11/h9-11H,3-8H2,1-2H3. The highest BCUT2D eigenvalue weighted by Crippen LogP contribution is 2.04. The minimum absolute atomic E-state index is 0.328. The van der Waals surface area contributed by atoms with E-state index in [-0.39, 0.29) is 0 Å². The minimum Gasteiger partial charge on any atom is -0.396 e. The Morgan fingerprint density at radius 3 is 2.55 bits per heavy atom. The maximum atomic E-state index is 8.62. The fourth-order valence-electron chi connectivity index (χ4n) is 1.01. The van der Waals surface area contributed by atoms with Crippen LogP contribution in [0.5, 0.6) is 0 Å². The molecule has 0 aliphatic carbocycles. The third kappa shape index (κ3) is 7.82. The molecule has 0 rings (SSSR count). The van der Waals surface area contributed by atoms with Crippen LogP contribution in [0.15, 0.2) is 0 Å². The van der Waals surface area contributed by atoms with E-state index in [9.17, 15) is 0 Å². The van der Waals surface area contributed by atoms with Crippen LogP contribution in [0, 0.1) is 5.92 Å². The summed E-state index contributed by atoms with van der Waals surface area (Å²) < 4.78 is 0. The van der Waals surface area contributed by atoms with Gasteiger partial charge in [0.1, 0.15) is 0 Å². The molecule has 0 aromatic rings. The number of hydrogen-bond acceptors (Lipinski definition) is 2. The summed E-state index contributed by atoms with van der Waals surface area (Å²) in [5, 5.41) is 12.0. The van der Waals surface area contributed by atoms with Crippen molar-refractivity contribution in [3.8, 4) is 0 Å². The van der Waals surface area contributed by atoms with Crippen LogP contribution in [0.25, 0.3) is 0 Å². The zero-order valence-corrected chi connectivity index (χ0v) is 7.77. The molecule has 1 atom stereocenters. The Morgan fingerprint density at radius 2 is 2.00 bits per heavy atom. The predicted molar refractivity (Wildman–Crippen MR) is 48.6 cm³/mol. The van der Waals surface area contributed by atoms with Crippen molar-refractivity contribution in [1.82, 2.24) is 5.32 Å². The fourth-order valence-corrected chi connectivity index (χ4v) is 1.01. The molecule has 2 nitrogen and oxygen atoms in total. The fraction of sp³-hybridized carbons (Fsp3) is 1.00. The van der Waals surface area contributed by atoms with E-state index in [1.165, 1.54) is 12.8 Å². The molecule has 0 amide bonds.